The molecule has 0 fully saturated rings. The van der Waals surface area contributed by atoms with Gasteiger partial charge in [-0.1, -0.05) is 25.5 Å². The van der Waals surface area contributed by atoms with Gasteiger partial charge in [0.1, 0.15) is 5.75 Å². The molecular weight excluding hydrogens is 186 g/mol. The Hall–Kier alpha value is -1.02. The third-order valence-corrected chi connectivity index (χ3v) is 2.56. The fraction of sp³-hybridized carbons (Fsp3) is 0.538. The molecule has 0 bridgehead atoms. The van der Waals surface area contributed by atoms with Crippen LogP contribution in [0.4, 0.5) is 0 Å². The number of methoxy groups -OCH3 is 1. The van der Waals surface area contributed by atoms with Crippen molar-refractivity contribution in [2.45, 2.75) is 38.6 Å². The zero-order valence-corrected chi connectivity index (χ0v) is 9.92. The summed E-state index contributed by atoms with van der Waals surface area (Å²) in [5, 5.41) is 0. The minimum atomic E-state index is -0.110. The highest BCUT2D eigenvalue weighted by molar-refractivity contribution is 5.29. The average Bonchev–Trinajstić information content (AvgIpc) is 2.17. The van der Waals surface area contributed by atoms with Crippen molar-refractivity contribution in [2.24, 2.45) is 5.73 Å². The smallest absolute Gasteiger partial charge is 0.119 e. The first-order valence-corrected chi connectivity index (χ1v) is 5.49. The largest absolute Gasteiger partial charge is 0.497 e. The maximum atomic E-state index is 6.21. The summed E-state index contributed by atoms with van der Waals surface area (Å²) in [5.74, 6) is 0.903. The first-order valence-electron chi connectivity index (χ1n) is 5.49. The first kappa shape index (κ1) is 12.1. The predicted molar refractivity (Wildman–Crippen MR) is 64.2 cm³/mol. The Morgan fingerprint density at radius 3 is 2.73 bits per heavy atom. The van der Waals surface area contributed by atoms with E-state index in [-0.39, 0.29) is 5.54 Å². The normalized spacial score (nSPS) is 14.7. The first-order chi connectivity index (χ1) is 7.07. The molecule has 1 unspecified atom stereocenters. The molecular formula is C13H21NO. The van der Waals surface area contributed by atoms with Crippen LogP contribution in [0.3, 0.4) is 0 Å². The van der Waals surface area contributed by atoms with Crippen molar-refractivity contribution in [2.75, 3.05) is 7.11 Å². The highest BCUT2D eigenvalue weighted by atomic mass is 16.5. The number of hydrogen-bond acceptors (Lipinski definition) is 2. The van der Waals surface area contributed by atoms with Crippen LogP contribution >= 0.6 is 0 Å². The number of nitrogens with two attached hydrogens (primary N) is 1. The van der Waals surface area contributed by atoms with E-state index in [1.165, 1.54) is 5.56 Å². The molecule has 0 aromatic heterocycles. The summed E-state index contributed by atoms with van der Waals surface area (Å²) in [6.45, 7) is 4.27. The van der Waals surface area contributed by atoms with Crippen LogP contribution in [-0.2, 0) is 6.42 Å². The zero-order chi connectivity index (χ0) is 11.3. The fourth-order valence-corrected chi connectivity index (χ4v) is 1.91. The summed E-state index contributed by atoms with van der Waals surface area (Å²) < 4.78 is 5.19. The molecule has 0 spiro atoms. The number of hydrogen-bond donors (Lipinski definition) is 1. The SMILES string of the molecule is CCCC(C)(N)Cc1cccc(OC)c1. The predicted octanol–water partition coefficient (Wildman–Crippen LogP) is 2.76. The summed E-state index contributed by atoms with van der Waals surface area (Å²) in [4.78, 5) is 0. The van der Waals surface area contributed by atoms with Crippen molar-refractivity contribution in [1.29, 1.82) is 0 Å². The van der Waals surface area contributed by atoms with Crippen LogP contribution in [0, 0.1) is 0 Å². The molecule has 0 saturated carbocycles. The van der Waals surface area contributed by atoms with E-state index in [4.69, 9.17) is 10.5 Å². The van der Waals surface area contributed by atoms with Gasteiger partial charge >= 0.3 is 0 Å². The van der Waals surface area contributed by atoms with Gasteiger partial charge in [0.25, 0.3) is 0 Å². The second-order valence-electron chi connectivity index (χ2n) is 4.43. The Bertz CT molecular complexity index is 307. The lowest BCUT2D eigenvalue weighted by atomic mass is 9.89. The van der Waals surface area contributed by atoms with Crippen molar-refractivity contribution in [3.05, 3.63) is 29.8 Å². The van der Waals surface area contributed by atoms with Crippen molar-refractivity contribution in [3.8, 4) is 5.75 Å². The minimum Gasteiger partial charge on any atom is -0.497 e. The van der Waals surface area contributed by atoms with Gasteiger partial charge in [0, 0.05) is 5.54 Å². The number of rotatable bonds is 5. The van der Waals surface area contributed by atoms with E-state index in [1.54, 1.807) is 7.11 Å². The molecule has 1 rings (SSSR count). The van der Waals surface area contributed by atoms with E-state index in [9.17, 15) is 0 Å². The lowest BCUT2D eigenvalue weighted by Crippen LogP contribution is -2.38. The Balaban J connectivity index is 2.71. The van der Waals surface area contributed by atoms with Gasteiger partial charge in [0.2, 0.25) is 0 Å². The summed E-state index contributed by atoms with van der Waals surface area (Å²) in [6, 6.07) is 8.12. The second-order valence-corrected chi connectivity index (χ2v) is 4.43. The highest BCUT2D eigenvalue weighted by Gasteiger charge is 2.17. The second kappa shape index (κ2) is 5.17. The molecule has 0 aliphatic heterocycles. The van der Waals surface area contributed by atoms with Crippen molar-refractivity contribution in [3.63, 3.8) is 0 Å². The van der Waals surface area contributed by atoms with Gasteiger partial charge in [-0.25, -0.2) is 0 Å². The monoisotopic (exact) mass is 207 g/mol. The van der Waals surface area contributed by atoms with E-state index >= 15 is 0 Å². The molecule has 15 heavy (non-hydrogen) atoms. The van der Waals surface area contributed by atoms with Gasteiger partial charge in [-0.3, -0.25) is 0 Å². The molecule has 1 atom stereocenters. The topological polar surface area (TPSA) is 35.2 Å². The Morgan fingerprint density at radius 2 is 2.13 bits per heavy atom. The molecule has 2 nitrogen and oxygen atoms in total. The number of benzene rings is 1. The van der Waals surface area contributed by atoms with Gasteiger partial charge < -0.3 is 10.5 Å². The number of ether oxygens (including phenoxy) is 1. The molecule has 2 N–H and O–H groups in total. The highest BCUT2D eigenvalue weighted by Crippen LogP contribution is 2.19. The standard InChI is InChI=1S/C13H21NO/c1-4-8-13(2,14)10-11-6-5-7-12(9-11)15-3/h5-7,9H,4,8,10,14H2,1-3H3. The third kappa shape index (κ3) is 3.92. The van der Waals surface area contributed by atoms with Gasteiger partial charge in [-0.05, 0) is 37.5 Å². The molecule has 0 radical (unpaired) electrons. The maximum absolute atomic E-state index is 6.21. The summed E-state index contributed by atoms with van der Waals surface area (Å²) in [6.07, 6.45) is 3.07. The van der Waals surface area contributed by atoms with E-state index in [2.05, 4.69) is 26.0 Å². The molecule has 0 aliphatic carbocycles. The molecule has 1 aromatic rings. The zero-order valence-electron chi connectivity index (χ0n) is 9.92. The summed E-state index contributed by atoms with van der Waals surface area (Å²) >= 11 is 0. The molecule has 0 heterocycles. The van der Waals surface area contributed by atoms with Crippen LogP contribution in [0.25, 0.3) is 0 Å². The average molecular weight is 207 g/mol. The van der Waals surface area contributed by atoms with Crippen LogP contribution in [0.1, 0.15) is 32.3 Å². The Labute approximate surface area is 92.4 Å². The molecule has 0 amide bonds. The molecule has 84 valence electrons. The van der Waals surface area contributed by atoms with Crippen LogP contribution in [-0.4, -0.2) is 12.6 Å². The molecule has 0 saturated heterocycles. The van der Waals surface area contributed by atoms with E-state index in [1.807, 2.05) is 12.1 Å². The fourth-order valence-electron chi connectivity index (χ4n) is 1.91. The van der Waals surface area contributed by atoms with Gasteiger partial charge in [0.15, 0.2) is 0 Å². The van der Waals surface area contributed by atoms with Crippen molar-refractivity contribution in [1.82, 2.24) is 0 Å². The van der Waals surface area contributed by atoms with Crippen LogP contribution in [0.2, 0.25) is 0 Å². The van der Waals surface area contributed by atoms with E-state index < -0.39 is 0 Å². The van der Waals surface area contributed by atoms with Crippen molar-refractivity contribution >= 4 is 0 Å². The Kier molecular flexibility index (Phi) is 4.15. The summed E-state index contributed by atoms with van der Waals surface area (Å²) in [7, 11) is 1.69. The molecule has 1 aromatic carbocycles. The van der Waals surface area contributed by atoms with E-state index in [0.717, 1.165) is 25.0 Å². The van der Waals surface area contributed by atoms with Crippen LogP contribution < -0.4 is 10.5 Å². The van der Waals surface area contributed by atoms with Gasteiger partial charge in [0.05, 0.1) is 7.11 Å². The third-order valence-electron chi connectivity index (χ3n) is 2.56. The lowest BCUT2D eigenvalue weighted by molar-refractivity contribution is 0.408. The van der Waals surface area contributed by atoms with E-state index in [0.29, 0.717) is 0 Å². The molecule has 0 aliphatic rings. The van der Waals surface area contributed by atoms with Crippen LogP contribution in [0.15, 0.2) is 24.3 Å². The van der Waals surface area contributed by atoms with Gasteiger partial charge in [-0.2, -0.15) is 0 Å². The van der Waals surface area contributed by atoms with Gasteiger partial charge in [-0.15, -0.1) is 0 Å². The Morgan fingerprint density at radius 1 is 1.40 bits per heavy atom. The van der Waals surface area contributed by atoms with Crippen molar-refractivity contribution < 1.29 is 4.74 Å². The lowest BCUT2D eigenvalue weighted by Gasteiger charge is -2.24. The minimum absolute atomic E-state index is 0.110. The summed E-state index contributed by atoms with van der Waals surface area (Å²) in [5.41, 5.74) is 7.34. The maximum Gasteiger partial charge on any atom is 0.119 e. The quantitative estimate of drug-likeness (QED) is 0.805. The molecule has 2 heteroatoms. The van der Waals surface area contributed by atoms with Crippen LogP contribution in [0.5, 0.6) is 5.75 Å².